The minimum atomic E-state index is -0.0890. The summed E-state index contributed by atoms with van der Waals surface area (Å²) in [5.74, 6) is -0.0890. The third-order valence-corrected chi connectivity index (χ3v) is 4.24. The van der Waals surface area contributed by atoms with E-state index in [1.807, 2.05) is 6.08 Å². The molecule has 0 heterocycles. The van der Waals surface area contributed by atoms with Crippen LogP contribution < -0.4 is 0 Å². The number of ether oxygens (including phenoxy) is 1. The molecule has 0 radical (unpaired) electrons. The Morgan fingerprint density at radius 1 is 1.00 bits per heavy atom. The highest BCUT2D eigenvalue weighted by atomic mass is 16.5. The van der Waals surface area contributed by atoms with Crippen molar-refractivity contribution in [3.63, 3.8) is 0 Å². The van der Waals surface area contributed by atoms with E-state index in [0.29, 0.717) is 13.2 Å². The molecule has 0 rings (SSSR count). The molecule has 0 fully saturated rings. The lowest BCUT2D eigenvalue weighted by Gasteiger charge is -2.34. The summed E-state index contributed by atoms with van der Waals surface area (Å²) in [4.78, 5) is 11.9. The standard InChI is InChI=1S/C18H34NO2/c1-7-19(8-2,9-3)15-18(20)21-14-13-17(6)12-10-11-16(4)5/h11,13H,7-10,12,14-15H2,1-6H3/q+1. The fraction of sp³-hybridized carbons (Fsp3) is 0.722. The molecule has 122 valence electrons. The van der Waals surface area contributed by atoms with Gasteiger partial charge in [0.25, 0.3) is 0 Å². The maximum atomic E-state index is 11.9. The molecule has 3 nitrogen and oxygen atoms in total. The Morgan fingerprint density at radius 2 is 1.57 bits per heavy atom. The van der Waals surface area contributed by atoms with E-state index in [9.17, 15) is 4.79 Å². The van der Waals surface area contributed by atoms with Crippen LogP contribution >= 0.6 is 0 Å². The molecule has 0 N–H and O–H groups in total. The van der Waals surface area contributed by atoms with E-state index in [0.717, 1.165) is 37.0 Å². The Morgan fingerprint density at radius 3 is 2.05 bits per heavy atom. The predicted octanol–water partition coefficient (Wildman–Crippen LogP) is 4.10. The molecule has 0 spiro atoms. The highest BCUT2D eigenvalue weighted by Crippen LogP contribution is 2.08. The van der Waals surface area contributed by atoms with Crippen LogP contribution in [0.1, 0.15) is 54.4 Å². The number of likely N-dealkylation sites (N-methyl/N-ethyl adjacent to an activating group) is 1. The summed E-state index contributed by atoms with van der Waals surface area (Å²) in [5, 5.41) is 0. The van der Waals surface area contributed by atoms with Crippen LogP contribution in [0.25, 0.3) is 0 Å². The fourth-order valence-corrected chi connectivity index (χ4v) is 2.29. The van der Waals surface area contributed by atoms with Crippen LogP contribution in [0.15, 0.2) is 23.3 Å². The third kappa shape index (κ3) is 8.71. The summed E-state index contributed by atoms with van der Waals surface area (Å²) in [6, 6.07) is 0. The summed E-state index contributed by atoms with van der Waals surface area (Å²) >= 11 is 0. The second-order valence-corrected chi connectivity index (χ2v) is 6.00. The number of esters is 1. The summed E-state index contributed by atoms with van der Waals surface area (Å²) < 4.78 is 6.16. The molecule has 0 bridgehead atoms. The summed E-state index contributed by atoms with van der Waals surface area (Å²) in [5.41, 5.74) is 2.63. The van der Waals surface area contributed by atoms with E-state index in [4.69, 9.17) is 4.74 Å². The number of hydrogen-bond acceptors (Lipinski definition) is 2. The highest BCUT2D eigenvalue weighted by Gasteiger charge is 2.25. The Bertz CT molecular complexity index is 353. The average Bonchev–Trinajstić information content (AvgIpc) is 2.44. The molecule has 0 aliphatic rings. The zero-order valence-corrected chi connectivity index (χ0v) is 14.9. The van der Waals surface area contributed by atoms with Gasteiger partial charge in [0.2, 0.25) is 0 Å². The summed E-state index contributed by atoms with van der Waals surface area (Å²) in [6.07, 6.45) is 6.34. The molecule has 0 aromatic rings. The van der Waals surface area contributed by atoms with E-state index in [1.54, 1.807) is 0 Å². The van der Waals surface area contributed by atoms with Crippen LogP contribution in [0.5, 0.6) is 0 Å². The maximum Gasteiger partial charge on any atom is 0.362 e. The van der Waals surface area contributed by atoms with Crippen LogP contribution in [-0.2, 0) is 9.53 Å². The van der Waals surface area contributed by atoms with Crippen molar-refractivity contribution in [2.45, 2.75) is 54.4 Å². The minimum absolute atomic E-state index is 0.0890. The number of rotatable bonds is 10. The second-order valence-electron chi connectivity index (χ2n) is 6.00. The van der Waals surface area contributed by atoms with Gasteiger partial charge in [-0.1, -0.05) is 17.2 Å². The van der Waals surface area contributed by atoms with E-state index >= 15 is 0 Å². The molecule has 3 heteroatoms. The van der Waals surface area contributed by atoms with Crippen LogP contribution in [0.3, 0.4) is 0 Å². The lowest BCUT2D eigenvalue weighted by molar-refractivity contribution is -0.916. The molecular weight excluding hydrogens is 262 g/mol. The lowest BCUT2D eigenvalue weighted by Crippen LogP contribution is -2.51. The molecule has 0 aliphatic carbocycles. The first-order valence-electron chi connectivity index (χ1n) is 8.18. The van der Waals surface area contributed by atoms with Gasteiger partial charge in [-0.25, -0.2) is 4.79 Å². The van der Waals surface area contributed by atoms with Crippen molar-refractivity contribution in [1.29, 1.82) is 0 Å². The molecule has 0 amide bonds. The quantitative estimate of drug-likeness (QED) is 0.345. The molecule has 0 saturated heterocycles. The first-order valence-corrected chi connectivity index (χ1v) is 8.18. The molecule has 0 aromatic heterocycles. The molecule has 0 aromatic carbocycles. The topological polar surface area (TPSA) is 26.3 Å². The molecular formula is C18H34NO2+. The van der Waals surface area contributed by atoms with E-state index < -0.39 is 0 Å². The average molecular weight is 296 g/mol. The first-order chi connectivity index (χ1) is 9.89. The second kappa shape index (κ2) is 10.6. The SMILES string of the molecule is CC[N+](CC)(CC)CC(=O)OCC=C(C)CCC=C(C)C. The number of allylic oxidation sites excluding steroid dienone is 3. The van der Waals surface area contributed by atoms with Crippen molar-refractivity contribution in [2.75, 3.05) is 32.8 Å². The van der Waals surface area contributed by atoms with E-state index in [1.165, 1.54) is 11.1 Å². The van der Waals surface area contributed by atoms with Gasteiger partial charge in [0.1, 0.15) is 6.61 Å². The Labute approximate surface area is 131 Å². The van der Waals surface area contributed by atoms with Crippen LogP contribution in [0, 0.1) is 0 Å². The largest absolute Gasteiger partial charge is 0.457 e. The van der Waals surface area contributed by atoms with Crippen molar-refractivity contribution in [3.8, 4) is 0 Å². The van der Waals surface area contributed by atoms with Gasteiger partial charge >= 0.3 is 5.97 Å². The van der Waals surface area contributed by atoms with Gasteiger partial charge in [0.15, 0.2) is 6.54 Å². The van der Waals surface area contributed by atoms with Crippen molar-refractivity contribution < 1.29 is 14.0 Å². The number of quaternary nitrogens is 1. The van der Waals surface area contributed by atoms with Crippen LogP contribution in [0.4, 0.5) is 0 Å². The fourth-order valence-electron chi connectivity index (χ4n) is 2.29. The molecule has 21 heavy (non-hydrogen) atoms. The van der Waals surface area contributed by atoms with Crippen molar-refractivity contribution >= 4 is 5.97 Å². The summed E-state index contributed by atoms with van der Waals surface area (Å²) in [7, 11) is 0. The van der Waals surface area contributed by atoms with Gasteiger partial charge in [-0.2, -0.15) is 0 Å². The zero-order chi connectivity index (χ0) is 16.3. The van der Waals surface area contributed by atoms with E-state index in [2.05, 4.69) is 47.6 Å². The van der Waals surface area contributed by atoms with Crippen molar-refractivity contribution in [2.24, 2.45) is 0 Å². The summed E-state index contributed by atoms with van der Waals surface area (Å²) in [6.45, 7) is 16.5. The monoisotopic (exact) mass is 296 g/mol. The van der Waals surface area contributed by atoms with Gasteiger partial charge in [0.05, 0.1) is 19.6 Å². The first kappa shape index (κ1) is 19.9. The molecule has 0 atom stereocenters. The van der Waals surface area contributed by atoms with Gasteiger partial charge in [-0.15, -0.1) is 0 Å². The molecule has 0 aliphatic heterocycles. The normalized spacial score (nSPS) is 12.2. The van der Waals surface area contributed by atoms with Gasteiger partial charge in [-0.05, 0) is 60.5 Å². The van der Waals surface area contributed by atoms with Gasteiger partial charge in [0, 0.05) is 0 Å². The number of carbonyl (C=O) groups excluding carboxylic acids is 1. The predicted molar refractivity (Wildman–Crippen MR) is 90.1 cm³/mol. The lowest BCUT2D eigenvalue weighted by atomic mass is 10.1. The van der Waals surface area contributed by atoms with Gasteiger partial charge in [-0.3, -0.25) is 0 Å². The maximum absolute atomic E-state index is 11.9. The van der Waals surface area contributed by atoms with Crippen LogP contribution in [-0.4, -0.2) is 43.2 Å². The Hall–Kier alpha value is -1.09. The number of nitrogens with zero attached hydrogens (tertiary/aromatic N) is 1. The van der Waals surface area contributed by atoms with Gasteiger partial charge < -0.3 is 9.22 Å². The number of carbonyl (C=O) groups is 1. The number of hydrogen-bond donors (Lipinski definition) is 0. The Balaban J connectivity index is 4.16. The highest BCUT2D eigenvalue weighted by molar-refractivity contribution is 5.70. The molecule has 0 saturated carbocycles. The smallest absolute Gasteiger partial charge is 0.362 e. The van der Waals surface area contributed by atoms with Crippen LogP contribution in [0.2, 0.25) is 0 Å². The molecule has 0 unspecified atom stereocenters. The third-order valence-electron chi connectivity index (χ3n) is 4.24. The van der Waals surface area contributed by atoms with Crippen molar-refractivity contribution in [1.82, 2.24) is 0 Å². The minimum Gasteiger partial charge on any atom is -0.457 e. The Kier molecular flexibility index (Phi) is 10.1. The van der Waals surface area contributed by atoms with Crippen molar-refractivity contribution in [3.05, 3.63) is 23.3 Å². The van der Waals surface area contributed by atoms with E-state index in [-0.39, 0.29) is 5.97 Å². The zero-order valence-electron chi connectivity index (χ0n) is 14.9.